The van der Waals surface area contributed by atoms with Crippen LogP contribution in [0.1, 0.15) is 18.3 Å². The van der Waals surface area contributed by atoms with Crippen LogP contribution in [0.3, 0.4) is 0 Å². The van der Waals surface area contributed by atoms with E-state index in [0.29, 0.717) is 16.3 Å². The Labute approximate surface area is 135 Å². The van der Waals surface area contributed by atoms with Gasteiger partial charge in [-0.25, -0.2) is 0 Å². The second-order valence-electron chi connectivity index (χ2n) is 4.08. The Bertz CT molecular complexity index is 723. The summed E-state index contributed by atoms with van der Waals surface area (Å²) in [7, 11) is 3.18. The summed E-state index contributed by atoms with van der Waals surface area (Å²) in [6, 6.07) is 3.66. The third-order valence-electron chi connectivity index (χ3n) is 2.85. The number of methoxy groups -OCH3 is 2. The lowest BCUT2D eigenvalue weighted by Crippen LogP contribution is -1.98. The van der Waals surface area contributed by atoms with Crippen molar-refractivity contribution in [1.82, 2.24) is 14.9 Å². The second kappa shape index (κ2) is 6.86. The largest absolute Gasteiger partial charge is 0.493 e. The molecular weight excluding hydrogens is 356 g/mol. The number of benzene rings is 1. The van der Waals surface area contributed by atoms with Crippen molar-refractivity contribution in [2.24, 2.45) is 5.10 Å². The van der Waals surface area contributed by atoms with Gasteiger partial charge < -0.3 is 9.47 Å². The van der Waals surface area contributed by atoms with Crippen molar-refractivity contribution < 1.29 is 9.47 Å². The van der Waals surface area contributed by atoms with Crippen LogP contribution in [0.25, 0.3) is 0 Å². The molecule has 2 rings (SSSR count). The number of ether oxygens (including phenoxy) is 2. The fraction of sp³-hybridized carbons (Fsp3) is 0.308. The molecule has 0 aliphatic carbocycles. The van der Waals surface area contributed by atoms with E-state index in [-0.39, 0.29) is 0 Å². The monoisotopic (exact) mass is 370 g/mol. The van der Waals surface area contributed by atoms with E-state index in [1.54, 1.807) is 25.1 Å². The van der Waals surface area contributed by atoms with Gasteiger partial charge in [0, 0.05) is 16.5 Å². The normalized spacial score (nSPS) is 11.0. The highest BCUT2D eigenvalue weighted by Gasteiger charge is 2.08. The predicted octanol–water partition coefficient (Wildman–Crippen LogP) is 3.16. The van der Waals surface area contributed by atoms with Gasteiger partial charge in [-0.15, -0.1) is 0 Å². The number of aryl methyl sites for hydroxylation is 1. The van der Waals surface area contributed by atoms with Crippen LogP contribution in [0.4, 0.5) is 0 Å². The van der Waals surface area contributed by atoms with Crippen molar-refractivity contribution in [2.75, 3.05) is 14.2 Å². The average Bonchev–Trinajstić information content (AvgIpc) is 2.85. The zero-order valence-corrected chi connectivity index (χ0v) is 14.3. The minimum Gasteiger partial charge on any atom is -0.493 e. The molecular formula is C13H15BrN4O2S. The number of aromatic amines is 1. The Morgan fingerprint density at radius 3 is 2.67 bits per heavy atom. The summed E-state index contributed by atoms with van der Waals surface area (Å²) in [5, 5.41) is 11.2. The van der Waals surface area contributed by atoms with Gasteiger partial charge in [0.25, 0.3) is 0 Å². The summed E-state index contributed by atoms with van der Waals surface area (Å²) in [5.74, 6) is 2.05. The molecule has 112 valence electrons. The summed E-state index contributed by atoms with van der Waals surface area (Å²) in [5.41, 5.74) is 0.845. The lowest BCUT2D eigenvalue weighted by Gasteiger charge is -2.09. The van der Waals surface area contributed by atoms with Crippen LogP contribution >= 0.6 is 28.1 Å². The zero-order valence-electron chi connectivity index (χ0n) is 11.9. The molecule has 8 heteroatoms. The van der Waals surface area contributed by atoms with Crippen LogP contribution in [-0.4, -0.2) is 35.3 Å². The molecule has 1 heterocycles. The molecule has 0 unspecified atom stereocenters. The van der Waals surface area contributed by atoms with Gasteiger partial charge in [-0.1, -0.05) is 6.92 Å². The molecule has 1 aromatic heterocycles. The van der Waals surface area contributed by atoms with Crippen molar-refractivity contribution in [3.63, 3.8) is 0 Å². The van der Waals surface area contributed by atoms with E-state index in [9.17, 15) is 0 Å². The van der Waals surface area contributed by atoms with Gasteiger partial charge in [0.05, 0.1) is 20.4 Å². The maximum atomic E-state index is 5.28. The number of nitrogens with zero attached hydrogens (tertiary/aromatic N) is 3. The van der Waals surface area contributed by atoms with E-state index in [4.69, 9.17) is 21.7 Å². The summed E-state index contributed by atoms with van der Waals surface area (Å²) in [6.07, 6.45) is 2.42. The van der Waals surface area contributed by atoms with Gasteiger partial charge in [0.1, 0.15) is 0 Å². The standard InChI is InChI=1S/C13H15BrN4O2S/c1-4-12-16-17-13(21)18(12)15-7-8-5-10(19-2)11(20-3)6-9(8)14/h5-7H,4H2,1-3H3,(H,17,21)/b15-7+. The molecule has 0 atom stereocenters. The highest BCUT2D eigenvalue weighted by Crippen LogP contribution is 2.32. The zero-order chi connectivity index (χ0) is 15.4. The number of H-pyrrole nitrogens is 1. The highest BCUT2D eigenvalue weighted by atomic mass is 79.9. The molecule has 6 nitrogen and oxygen atoms in total. The van der Waals surface area contributed by atoms with E-state index < -0.39 is 0 Å². The number of rotatable bonds is 5. The molecule has 0 fully saturated rings. The number of aromatic nitrogens is 3. The van der Waals surface area contributed by atoms with Crippen LogP contribution in [0.2, 0.25) is 0 Å². The molecule has 0 radical (unpaired) electrons. The molecule has 0 amide bonds. The van der Waals surface area contributed by atoms with Gasteiger partial charge in [-0.2, -0.15) is 14.9 Å². The number of halogens is 1. The van der Waals surface area contributed by atoms with E-state index in [2.05, 4.69) is 31.2 Å². The maximum Gasteiger partial charge on any atom is 0.216 e. The van der Waals surface area contributed by atoms with Gasteiger partial charge in [-0.3, -0.25) is 5.10 Å². The van der Waals surface area contributed by atoms with E-state index in [1.807, 2.05) is 19.1 Å². The summed E-state index contributed by atoms with van der Waals surface area (Å²) < 4.78 is 13.4. The van der Waals surface area contributed by atoms with Gasteiger partial charge in [0.2, 0.25) is 4.77 Å². The summed E-state index contributed by atoms with van der Waals surface area (Å²) >= 11 is 8.63. The quantitative estimate of drug-likeness (QED) is 0.648. The van der Waals surface area contributed by atoms with Gasteiger partial charge >= 0.3 is 0 Å². The van der Waals surface area contributed by atoms with E-state index >= 15 is 0 Å². The second-order valence-corrected chi connectivity index (χ2v) is 5.32. The first-order valence-electron chi connectivity index (χ1n) is 6.22. The van der Waals surface area contributed by atoms with Gasteiger partial charge in [0.15, 0.2) is 17.3 Å². The van der Waals surface area contributed by atoms with Crippen LogP contribution in [0.15, 0.2) is 21.7 Å². The van der Waals surface area contributed by atoms with Crippen LogP contribution in [0, 0.1) is 4.77 Å². The molecule has 0 aliphatic heterocycles. The molecule has 1 aromatic carbocycles. The molecule has 21 heavy (non-hydrogen) atoms. The lowest BCUT2D eigenvalue weighted by molar-refractivity contribution is 0.354. The molecule has 0 aliphatic rings. The number of hydrogen-bond acceptors (Lipinski definition) is 5. The molecule has 0 saturated carbocycles. The van der Waals surface area contributed by atoms with E-state index in [1.165, 1.54) is 0 Å². The molecule has 0 bridgehead atoms. The predicted molar refractivity (Wildman–Crippen MR) is 87.0 cm³/mol. The SMILES string of the molecule is CCc1n[nH]c(=S)n1/N=C/c1cc(OC)c(OC)cc1Br. The minimum absolute atomic E-state index is 0.458. The third-order valence-corrected chi connectivity index (χ3v) is 3.80. The van der Waals surface area contributed by atoms with Gasteiger partial charge in [-0.05, 0) is 40.3 Å². The Hall–Kier alpha value is -1.67. The van der Waals surface area contributed by atoms with Crippen LogP contribution in [0.5, 0.6) is 11.5 Å². The summed E-state index contributed by atoms with van der Waals surface area (Å²) in [4.78, 5) is 0. The van der Waals surface area contributed by atoms with Crippen LogP contribution in [-0.2, 0) is 6.42 Å². The summed E-state index contributed by atoms with van der Waals surface area (Å²) in [6.45, 7) is 1.99. The first-order valence-corrected chi connectivity index (χ1v) is 7.43. The Balaban J connectivity index is 2.41. The van der Waals surface area contributed by atoms with Crippen LogP contribution < -0.4 is 9.47 Å². The number of hydrogen-bond donors (Lipinski definition) is 1. The highest BCUT2D eigenvalue weighted by molar-refractivity contribution is 9.10. The first-order chi connectivity index (χ1) is 10.1. The minimum atomic E-state index is 0.458. The Morgan fingerprint density at radius 2 is 2.05 bits per heavy atom. The first kappa shape index (κ1) is 15.7. The topological polar surface area (TPSA) is 64.4 Å². The Morgan fingerprint density at radius 1 is 1.38 bits per heavy atom. The van der Waals surface area contributed by atoms with Crippen molar-refractivity contribution >= 4 is 34.4 Å². The third kappa shape index (κ3) is 3.33. The maximum absolute atomic E-state index is 5.28. The molecule has 0 spiro atoms. The van der Waals surface area contributed by atoms with Crippen molar-refractivity contribution in [2.45, 2.75) is 13.3 Å². The fourth-order valence-electron chi connectivity index (χ4n) is 1.76. The number of nitrogens with one attached hydrogen (secondary N) is 1. The lowest BCUT2D eigenvalue weighted by atomic mass is 10.2. The van der Waals surface area contributed by atoms with Crippen molar-refractivity contribution in [3.05, 3.63) is 32.8 Å². The smallest absolute Gasteiger partial charge is 0.216 e. The average molecular weight is 371 g/mol. The van der Waals surface area contributed by atoms with Crippen molar-refractivity contribution in [1.29, 1.82) is 0 Å². The molecule has 0 saturated heterocycles. The molecule has 1 N–H and O–H groups in total. The van der Waals surface area contributed by atoms with Crippen molar-refractivity contribution in [3.8, 4) is 11.5 Å². The molecule has 2 aromatic rings. The Kier molecular flexibility index (Phi) is 5.13. The fourth-order valence-corrected chi connectivity index (χ4v) is 2.38. The van der Waals surface area contributed by atoms with E-state index in [0.717, 1.165) is 22.3 Å².